The highest BCUT2D eigenvalue weighted by molar-refractivity contribution is 8.10. The molecule has 0 fully saturated rings. The van der Waals surface area contributed by atoms with Gasteiger partial charge in [-0.25, -0.2) is 0 Å². The zero-order chi connectivity index (χ0) is 12.7. The van der Waals surface area contributed by atoms with Crippen molar-refractivity contribution in [3.8, 4) is 0 Å². The predicted molar refractivity (Wildman–Crippen MR) is 82.1 cm³/mol. The molecule has 0 spiro atoms. The van der Waals surface area contributed by atoms with Crippen molar-refractivity contribution < 1.29 is 0 Å². The first-order valence-corrected chi connectivity index (χ1v) is 6.65. The van der Waals surface area contributed by atoms with E-state index in [1.165, 1.54) is 16.3 Å². The Morgan fingerprint density at radius 1 is 1.06 bits per heavy atom. The average molecular weight is 242 g/mol. The van der Waals surface area contributed by atoms with Crippen molar-refractivity contribution in [2.75, 3.05) is 0 Å². The summed E-state index contributed by atoms with van der Waals surface area (Å²) in [5.74, 6) is 0. The van der Waals surface area contributed by atoms with E-state index in [4.69, 9.17) is 0 Å². The molecule has 1 heteroatoms. The Kier molecular flexibility index (Phi) is 5.58. The van der Waals surface area contributed by atoms with Crippen LogP contribution < -0.4 is 0 Å². The van der Waals surface area contributed by atoms with E-state index in [2.05, 4.69) is 55.6 Å². The molecule has 2 aromatic carbocycles. The standard InChI is InChI=1S/C14H12S.C2H6/c1-3-15-11(2)13-9-8-12-6-4-5-7-14(12)10-13;1-2/h3-10H,1-2H2;1-2H3. The number of hydrogen-bond donors (Lipinski definition) is 0. The molecule has 2 aromatic rings. The van der Waals surface area contributed by atoms with E-state index in [9.17, 15) is 0 Å². The molecular formula is C16H18S. The molecule has 0 amide bonds. The van der Waals surface area contributed by atoms with E-state index >= 15 is 0 Å². The molecule has 2 rings (SSSR count). The van der Waals surface area contributed by atoms with E-state index in [0.29, 0.717) is 0 Å². The van der Waals surface area contributed by atoms with Crippen molar-refractivity contribution >= 4 is 27.4 Å². The van der Waals surface area contributed by atoms with Crippen molar-refractivity contribution in [2.24, 2.45) is 0 Å². The first-order chi connectivity index (χ1) is 8.31. The summed E-state index contributed by atoms with van der Waals surface area (Å²) in [6.07, 6.45) is 0. The van der Waals surface area contributed by atoms with Crippen LogP contribution in [0.4, 0.5) is 0 Å². The van der Waals surface area contributed by atoms with E-state index in [1.54, 1.807) is 17.2 Å². The maximum Gasteiger partial charge on any atom is 0.0116 e. The highest BCUT2D eigenvalue weighted by atomic mass is 32.2. The monoisotopic (exact) mass is 242 g/mol. The summed E-state index contributed by atoms with van der Waals surface area (Å²) < 4.78 is 0. The number of thioether (sulfide) groups is 1. The number of benzene rings is 2. The Balaban J connectivity index is 0.000000686. The van der Waals surface area contributed by atoms with Crippen LogP contribution in [0.25, 0.3) is 15.7 Å². The number of fused-ring (bicyclic) bond motifs is 1. The molecule has 0 unspecified atom stereocenters. The van der Waals surface area contributed by atoms with Crippen molar-refractivity contribution in [2.45, 2.75) is 13.8 Å². The summed E-state index contributed by atoms with van der Waals surface area (Å²) in [5.41, 5.74) is 1.17. The first kappa shape index (κ1) is 13.6. The van der Waals surface area contributed by atoms with E-state index < -0.39 is 0 Å². The summed E-state index contributed by atoms with van der Waals surface area (Å²) in [6.45, 7) is 11.7. The lowest BCUT2D eigenvalue weighted by molar-refractivity contribution is 1.50. The molecule has 17 heavy (non-hydrogen) atoms. The molecule has 0 radical (unpaired) electrons. The maximum atomic E-state index is 4.01. The third-order valence-electron chi connectivity index (χ3n) is 2.30. The van der Waals surface area contributed by atoms with Crippen LogP contribution >= 0.6 is 11.8 Å². The smallest absolute Gasteiger partial charge is 0.0116 e. The molecule has 0 aromatic heterocycles. The van der Waals surface area contributed by atoms with Gasteiger partial charge in [0.25, 0.3) is 0 Å². The predicted octanol–water partition coefficient (Wildman–Crippen LogP) is 5.71. The Morgan fingerprint density at radius 3 is 2.35 bits per heavy atom. The maximum absolute atomic E-state index is 4.01. The van der Waals surface area contributed by atoms with Gasteiger partial charge in [0.15, 0.2) is 0 Å². The summed E-state index contributed by atoms with van der Waals surface area (Å²) in [5, 5.41) is 4.32. The minimum Gasteiger partial charge on any atom is -0.0987 e. The normalized spacial score (nSPS) is 9.29. The minimum absolute atomic E-state index is 1.04. The lowest BCUT2D eigenvalue weighted by Gasteiger charge is -2.04. The molecular weight excluding hydrogens is 224 g/mol. The molecule has 0 aliphatic heterocycles. The largest absolute Gasteiger partial charge is 0.0987 e. The molecule has 0 aliphatic carbocycles. The quantitative estimate of drug-likeness (QED) is 0.664. The van der Waals surface area contributed by atoms with Crippen LogP contribution in [0.1, 0.15) is 19.4 Å². The number of hydrogen-bond acceptors (Lipinski definition) is 1. The van der Waals surface area contributed by atoms with Gasteiger partial charge in [0.2, 0.25) is 0 Å². The van der Waals surface area contributed by atoms with E-state index in [-0.39, 0.29) is 0 Å². The second-order valence-electron chi connectivity index (χ2n) is 3.27. The highest BCUT2D eigenvalue weighted by Crippen LogP contribution is 2.28. The van der Waals surface area contributed by atoms with Gasteiger partial charge in [0, 0.05) is 4.91 Å². The Bertz CT molecular complexity index is 512. The Morgan fingerprint density at radius 2 is 1.71 bits per heavy atom. The van der Waals surface area contributed by atoms with Crippen LogP contribution in [0.3, 0.4) is 0 Å². The van der Waals surface area contributed by atoms with Crippen LogP contribution in [0.2, 0.25) is 0 Å². The van der Waals surface area contributed by atoms with Gasteiger partial charge in [-0.15, -0.1) is 0 Å². The molecule has 0 saturated heterocycles. The van der Waals surface area contributed by atoms with Crippen LogP contribution in [0.15, 0.2) is 61.0 Å². The molecule has 0 aliphatic rings. The van der Waals surface area contributed by atoms with Gasteiger partial charge in [0.05, 0.1) is 0 Å². The minimum atomic E-state index is 1.04. The third kappa shape index (κ3) is 3.50. The van der Waals surface area contributed by atoms with Gasteiger partial charge in [0.1, 0.15) is 0 Å². The van der Waals surface area contributed by atoms with E-state index in [1.807, 2.05) is 13.8 Å². The molecule has 0 saturated carbocycles. The summed E-state index contributed by atoms with van der Waals surface area (Å²) in [6, 6.07) is 14.7. The van der Waals surface area contributed by atoms with Crippen molar-refractivity contribution in [1.82, 2.24) is 0 Å². The first-order valence-electron chi connectivity index (χ1n) is 5.77. The zero-order valence-electron chi connectivity index (χ0n) is 10.4. The van der Waals surface area contributed by atoms with Crippen LogP contribution in [0, 0.1) is 0 Å². The fraction of sp³-hybridized carbons (Fsp3) is 0.125. The fourth-order valence-corrected chi connectivity index (χ4v) is 2.00. The van der Waals surface area contributed by atoms with Crippen LogP contribution in [0.5, 0.6) is 0 Å². The topological polar surface area (TPSA) is 0 Å². The fourth-order valence-electron chi connectivity index (χ4n) is 1.53. The second-order valence-corrected chi connectivity index (χ2v) is 4.33. The third-order valence-corrected chi connectivity index (χ3v) is 2.98. The van der Waals surface area contributed by atoms with Crippen molar-refractivity contribution in [3.63, 3.8) is 0 Å². The molecule has 0 nitrogen and oxygen atoms in total. The van der Waals surface area contributed by atoms with E-state index in [0.717, 1.165) is 4.91 Å². The Hall–Kier alpha value is -1.47. The van der Waals surface area contributed by atoms with Gasteiger partial charge in [-0.2, -0.15) is 0 Å². The summed E-state index contributed by atoms with van der Waals surface area (Å²) in [7, 11) is 0. The summed E-state index contributed by atoms with van der Waals surface area (Å²) in [4.78, 5) is 1.04. The van der Waals surface area contributed by atoms with Crippen molar-refractivity contribution in [3.05, 3.63) is 66.6 Å². The highest BCUT2D eigenvalue weighted by Gasteiger charge is 1.99. The SMILES string of the molecule is C=CSC(=C)c1ccc2ccccc2c1.CC. The van der Waals surface area contributed by atoms with Gasteiger partial charge in [-0.05, 0) is 27.8 Å². The van der Waals surface area contributed by atoms with Crippen LogP contribution in [-0.2, 0) is 0 Å². The molecule has 0 N–H and O–H groups in total. The zero-order valence-corrected chi connectivity index (χ0v) is 11.3. The average Bonchev–Trinajstić information content (AvgIpc) is 2.41. The summed E-state index contributed by atoms with van der Waals surface area (Å²) >= 11 is 1.56. The van der Waals surface area contributed by atoms with Crippen LogP contribution in [-0.4, -0.2) is 0 Å². The number of rotatable bonds is 3. The molecule has 0 bridgehead atoms. The van der Waals surface area contributed by atoms with Crippen molar-refractivity contribution in [1.29, 1.82) is 0 Å². The lowest BCUT2D eigenvalue weighted by atomic mass is 10.1. The van der Waals surface area contributed by atoms with Gasteiger partial charge in [-0.1, -0.05) is 75.2 Å². The Labute approximate surface area is 108 Å². The van der Waals surface area contributed by atoms with Gasteiger partial charge < -0.3 is 0 Å². The lowest BCUT2D eigenvalue weighted by Crippen LogP contribution is -1.78. The molecule has 88 valence electrons. The molecule has 0 atom stereocenters. The molecule has 0 heterocycles. The van der Waals surface area contributed by atoms with Gasteiger partial charge in [-0.3, -0.25) is 0 Å². The van der Waals surface area contributed by atoms with Gasteiger partial charge >= 0.3 is 0 Å². The second kappa shape index (κ2) is 6.97.